The van der Waals surface area contributed by atoms with Gasteiger partial charge in [-0.25, -0.2) is 9.78 Å². The first-order valence-corrected chi connectivity index (χ1v) is 6.80. The molecule has 1 aromatic carbocycles. The number of benzene rings is 1. The van der Waals surface area contributed by atoms with Gasteiger partial charge in [-0.2, -0.15) is 13.2 Å². The molecule has 0 saturated carbocycles. The fourth-order valence-electron chi connectivity index (χ4n) is 2.14. The minimum Gasteiger partial charge on any atom is -0.475 e. The summed E-state index contributed by atoms with van der Waals surface area (Å²) in [6.45, 7) is 0. The van der Waals surface area contributed by atoms with Gasteiger partial charge in [0.25, 0.3) is 5.56 Å². The third-order valence-corrected chi connectivity index (χ3v) is 3.20. The van der Waals surface area contributed by atoms with Gasteiger partial charge in [0, 0.05) is 24.5 Å². The zero-order valence-electron chi connectivity index (χ0n) is 12.8. The number of carboxylic acid groups (broad SMARTS) is 1. The topological polar surface area (TPSA) is 114 Å². The van der Waals surface area contributed by atoms with Gasteiger partial charge in [0.15, 0.2) is 0 Å². The van der Waals surface area contributed by atoms with Crippen molar-refractivity contribution in [3.8, 4) is 11.1 Å². The molecule has 3 rings (SSSR count). The summed E-state index contributed by atoms with van der Waals surface area (Å²) < 4.78 is 33.6. The number of alkyl halides is 3. The molecule has 25 heavy (non-hydrogen) atoms. The number of fused-ring (bicyclic) bond motifs is 1. The van der Waals surface area contributed by atoms with E-state index in [0.717, 1.165) is 11.1 Å². The number of aromatic nitrogens is 3. The zero-order chi connectivity index (χ0) is 18.8. The molecular weight excluding hydrogens is 341 g/mol. The van der Waals surface area contributed by atoms with E-state index in [2.05, 4.69) is 9.97 Å². The predicted molar refractivity (Wildman–Crippen MR) is 84.9 cm³/mol. The number of nitrogens with one attached hydrogen (secondary N) is 1. The normalized spacial score (nSPS) is 11.0. The van der Waals surface area contributed by atoms with Gasteiger partial charge in [-0.1, -0.05) is 12.1 Å². The first-order valence-electron chi connectivity index (χ1n) is 6.80. The number of halogens is 3. The molecule has 0 fully saturated rings. The molecule has 132 valence electrons. The predicted octanol–water partition coefficient (Wildman–Crippen LogP) is 2.14. The second-order valence-corrected chi connectivity index (χ2v) is 5.01. The lowest BCUT2D eigenvalue weighted by Crippen LogP contribution is -2.21. The lowest BCUT2D eigenvalue weighted by Gasteiger charge is -1.99. The lowest BCUT2D eigenvalue weighted by atomic mass is 10.1. The van der Waals surface area contributed by atoms with E-state index in [0.29, 0.717) is 16.7 Å². The Hall–Kier alpha value is -3.30. The molecule has 0 aliphatic heterocycles. The van der Waals surface area contributed by atoms with Crippen LogP contribution in [0.1, 0.15) is 0 Å². The standard InChI is InChI=1S/C13H12N4O.C2HF3O2/c1-17-6-10(8-3-2-4-9(14)5-8)11-12(17)15-7-16-13(11)18;3-2(4,5)1(6)7/h2-7H,14H2,1H3,(H,15,16,18);(H,6,7). The number of carboxylic acids is 1. The van der Waals surface area contributed by atoms with Crippen LogP contribution in [0.3, 0.4) is 0 Å². The molecule has 0 aliphatic rings. The Kier molecular flexibility index (Phi) is 4.82. The SMILES string of the molecule is Cn1cc(-c2cccc(N)c2)c2c(=O)[nH]cnc21.O=C(O)C(F)(F)F. The number of nitrogens with zero attached hydrogens (tertiary/aromatic N) is 2. The third-order valence-electron chi connectivity index (χ3n) is 3.20. The van der Waals surface area contributed by atoms with Gasteiger partial charge in [-0.05, 0) is 17.7 Å². The second kappa shape index (κ2) is 6.67. The maximum Gasteiger partial charge on any atom is 0.490 e. The highest BCUT2D eigenvalue weighted by Gasteiger charge is 2.38. The van der Waals surface area contributed by atoms with Crippen molar-refractivity contribution in [2.75, 3.05) is 5.73 Å². The van der Waals surface area contributed by atoms with E-state index in [1.54, 1.807) is 0 Å². The van der Waals surface area contributed by atoms with Crippen LogP contribution in [-0.2, 0) is 11.8 Å². The van der Waals surface area contributed by atoms with Gasteiger partial charge in [0.05, 0.1) is 11.7 Å². The molecule has 0 atom stereocenters. The van der Waals surface area contributed by atoms with Gasteiger partial charge in [0.2, 0.25) is 0 Å². The van der Waals surface area contributed by atoms with Crippen LogP contribution >= 0.6 is 0 Å². The number of carbonyl (C=O) groups is 1. The van der Waals surface area contributed by atoms with E-state index in [-0.39, 0.29) is 5.56 Å². The number of aliphatic carboxylic acids is 1. The van der Waals surface area contributed by atoms with Crippen LogP contribution in [-0.4, -0.2) is 31.8 Å². The summed E-state index contributed by atoms with van der Waals surface area (Å²) in [5, 5.41) is 7.71. The Morgan fingerprint density at radius 3 is 2.56 bits per heavy atom. The van der Waals surface area contributed by atoms with Crippen molar-refractivity contribution in [1.82, 2.24) is 14.5 Å². The van der Waals surface area contributed by atoms with Crippen LogP contribution in [0.5, 0.6) is 0 Å². The highest BCUT2D eigenvalue weighted by molar-refractivity contribution is 5.93. The summed E-state index contributed by atoms with van der Waals surface area (Å²) in [7, 11) is 1.87. The molecule has 0 spiro atoms. The van der Waals surface area contributed by atoms with E-state index < -0.39 is 12.1 Å². The zero-order valence-corrected chi connectivity index (χ0v) is 12.8. The van der Waals surface area contributed by atoms with E-state index in [1.807, 2.05) is 42.1 Å². The number of hydrogen-bond donors (Lipinski definition) is 3. The fourth-order valence-corrected chi connectivity index (χ4v) is 2.14. The average molecular weight is 354 g/mol. The number of rotatable bonds is 1. The number of nitrogens with two attached hydrogens (primary N) is 1. The van der Waals surface area contributed by atoms with Crippen molar-refractivity contribution >= 4 is 22.7 Å². The van der Waals surface area contributed by atoms with Crippen LogP contribution in [0.25, 0.3) is 22.2 Å². The molecule has 2 heterocycles. The summed E-state index contributed by atoms with van der Waals surface area (Å²) in [6.07, 6.45) is -1.78. The van der Waals surface area contributed by atoms with Gasteiger partial charge < -0.3 is 20.4 Å². The Bertz CT molecular complexity index is 976. The van der Waals surface area contributed by atoms with Crippen molar-refractivity contribution < 1.29 is 23.1 Å². The Labute approximate surface area is 138 Å². The van der Waals surface area contributed by atoms with Crippen molar-refractivity contribution in [3.63, 3.8) is 0 Å². The van der Waals surface area contributed by atoms with Crippen molar-refractivity contribution in [1.29, 1.82) is 0 Å². The van der Waals surface area contributed by atoms with Gasteiger partial charge >= 0.3 is 12.1 Å². The molecule has 2 aromatic heterocycles. The van der Waals surface area contributed by atoms with Crippen molar-refractivity contribution in [2.24, 2.45) is 7.05 Å². The van der Waals surface area contributed by atoms with E-state index in [9.17, 15) is 18.0 Å². The molecule has 3 aromatic rings. The van der Waals surface area contributed by atoms with Crippen LogP contribution in [0, 0.1) is 0 Å². The maximum absolute atomic E-state index is 11.9. The van der Waals surface area contributed by atoms with Crippen LogP contribution in [0.4, 0.5) is 18.9 Å². The number of anilines is 1. The van der Waals surface area contributed by atoms with Gasteiger partial charge in [-0.3, -0.25) is 4.79 Å². The number of hydrogen-bond acceptors (Lipinski definition) is 4. The van der Waals surface area contributed by atoms with Crippen molar-refractivity contribution in [3.05, 3.63) is 47.1 Å². The van der Waals surface area contributed by atoms with Crippen LogP contribution in [0.15, 0.2) is 41.6 Å². The number of H-pyrrole nitrogens is 1. The van der Waals surface area contributed by atoms with Gasteiger partial charge in [-0.15, -0.1) is 0 Å². The lowest BCUT2D eigenvalue weighted by molar-refractivity contribution is -0.192. The van der Waals surface area contributed by atoms with Crippen LogP contribution in [0.2, 0.25) is 0 Å². The molecule has 0 bridgehead atoms. The quantitative estimate of drug-likeness (QED) is 0.579. The third kappa shape index (κ3) is 3.97. The number of nitrogen functional groups attached to an aromatic ring is 1. The first-order chi connectivity index (χ1) is 11.6. The highest BCUT2D eigenvalue weighted by Crippen LogP contribution is 2.27. The minimum absolute atomic E-state index is 0.141. The maximum atomic E-state index is 11.9. The highest BCUT2D eigenvalue weighted by atomic mass is 19.4. The summed E-state index contributed by atoms with van der Waals surface area (Å²) in [4.78, 5) is 27.6. The average Bonchev–Trinajstić information content (AvgIpc) is 2.86. The molecule has 4 N–H and O–H groups in total. The second-order valence-electron chi connectivity index (χ2n) is 5.01. The van der Waals surface area contributed by atoms with Crippen LogP contribution < -0.4 is 11.3 Å². The number of aromatic amines is 1. The summed E-state index contributed by atoms with van der Waals surface area (Å²) in [5.74, 6) is -2.76. The van der Waals surface area contributed by atoms with E-state index in [4.69, 9.17) is 15.6 Å². The summed E-state index contributed by atoms with van der Waals surface area (Å²) in [6, 6.07) is 7.46. The number of aryl methyl sites for hydroxylation is 1. The summed E-state index contributed by atoms with van der Waals surface area (Å²) in [5.41, 5.74) is 8.73. The Balaban J connectivity index is 0.000000277. The molecule has 0 unspecified atom stereocenters. The molecular formula is C15H13F3N4O3. The monoisotopic (exact) mass is 354 g/mol. The summed E-state index contributed by atoms with van der Waals surface area (Å²) >= 11 is 0. The molecule has 7 nitrogen and oxygen atoms in total. The molecule has 0 amide bonds. The Morgan fingerprint density at radius 1 is 1.36 bits per heavy atom. The minimum atomic E-state index is -5.08. The fraction of sp³-hybridized carbons (Fsp3) is 0.133. The van der Waals surface area contributed by atoms with Crippen molar-refractivity contribution in [2.45, 2.75) is 6.18 Å². The Morgan fingerprint density at radius 2 is 2.00 bits per heavy atom. The smallest absolute Gasteiger partial charge is 0.475 e. The molecule has 0 radical (unpaired) electrons. The molecule has 10 heteroatoms. The van der Waals surface area contributed by atoms with Gasteiger partial charge in [0.1, 0.15) is 5.65 Å². The van der Waals surface area contributed by atoms with E-state index >= 15 is 0 Å². The largest absolute Gasteiger partial charge is 0.490 e. The molecule has 0 saturated heterocycles. The molecule has 0 aliphatic carbocycles. The van der Waals surface area contributed by atoms with E-state index in [1.165, 1.54) is 6.33 Å². The first kappa shape index (κ1) is 18.0.